The molecule has 4 heteroatoms. The van der Waals surface area contributed by atoms with E-state index in [0.717, 1.165) is 31.3 Å². The SMILES string of the molecule is C/C=C/C/C(C)=C\[C@H]1C/C=C/C=C/C[C@@H](C)/C=C(\C)[C@@H](OC)CCC[C@@H](O)CC(=O)O1. The maximum atomic E-state index is 12.4. The number of aliphatic hydroxyl groups excluding tert-OH is 1. The summed E-state index contributed by atoms with van der Waals surface area (Å²) < 4.78 is 11.3. The molecular formula is C27H42O4. The summed E-state index contributed by atoms with van der Waals surface area (Å²) in [5.41, 5.74) is 2.38. The fraction of sp³-hybridized carbons (Fsp3) is 0.593. The minimum absolute atomic E-state index is 0.0192. The summed E-state index contributed by atoms with van der Waals surface area (Å²) in [5, 5.41) is 10.3. The van der Waals surface area contributed by atoms with Crippen LogP contribution in [0.5, 0.6) is 0 Å². The van der Waals surface area contributed by atoms with Gasteiger partial charge >= 0.3 is 5.97 Å². The molecule has 0 spiro atoms. The van der Waals surface area contributed by atoms with Crippen LogP contribution in [-0.2, 0) is 14.3 Å². The highest BCUT2D eigenvalue weighted by molar-refractivity contribution is 5.70. The van der Waals surface area contributed by atoms with Gasteiger partial charge in [0.2, 0.25) is 0 Å². The van der Waals surface area contributed by atoms with Gasteiger partial charge in [0.15, 0.2) is 0 Å². The number of esters is 1. The van der Waals surface area contributed by atoms with E-state index in [4.69, 9.17) is 9.47 Å². The number of rotatable bonds is 4. The van der Waals surface area contributed by atoms with Crippen molar-refractivity contribution in [2.24, 2.45) is 5.92 Å². The molecule has 0 amide bonds. The molecule has 1 heterocycles. The van der Waals surface area contributed by atoms with Crippen LogP contribution in [0, 0.1) is 5.92 Å². The second-order valence-corrected chi connectivity index (χ2v) is 8.54. The minimum Gasteiger partial charge on any atom is -0.458 e. The molecule has 4 atom stereocenters. The molecule has 4 nitrogen and oxygen atoms in total. The van der Waals surface area contributed by atoms with Gasteiger partial charge in [0.1, 0.15) is 6.10 Å². The van der Waals surface area contributed by atoms with Crippen molar-refractivity contribution in [1.82, 2.24) is 0 Å². The normalized spacial score (nSPS) is 31.9. The number of ether oxygens (including phenoxy) is 2. The van der Waals surface area contributed by atoms with Crippen LogP contribution in [0.2, 0.25) is 0 Å². The third-order valence-corrected chi connectivity index (χ3v) is 5.43. The van der Waals surface area contributed by atoms with Gasteiger partial charge in [-0.15, -0.1) is 0 Å². The monoisotopic (exact) mass is 430 g/mol. The molecule has 31 heavy (non-hydrogen) atoms. The highest BCUT2D eigenvalue weighted by Crippen LogP contribution is 2.19. The summed E-state index contributed by atoms with van der Waals surface area (Å²) in [6, 6.07) is 0. The van der Waals surface area contributed by atoms with Crippen LogP contribution in [-0.4, -0.2) is 36.5 Å². The van der Waals surface area contributed by atoms with Gasteiger partial charge in [0, 0.05) is 13.5 Å². The summed E-state index contributed by atoms with van der Waals surface area (Å²) in [7, 11) is 1.73. The third kappa shape index (κ3) is 12.5. The molecule has 0 saturated heterocycles. The zero-order chi connectivity index (χ0) is 23.1. The van der Waals surface area contributed by atoms with E-state index >= 15 is 0 Å². The average molecular weight is 431 g/mol. The van der Waals surface area contributed by atoms with Gasteiger partial charge in [0.25, 0.3) is 0 Å². The topological polar surface area (TPSA) is 55.8 Å². The van der Waals surface area contributed by atoms with Gasteiger partial charge in [-0.25, -0.2) is 0 Å². The first-order valence-corrected chi connectivity index (χ1v) is 11.5. The molecule has 0 fully saturated rings. The molecule has 0 radical (unpaired) electrons. The van der Waals surface area contributed by atoms with Crippen LogP contribution in [0.3, 0.4) is 0 Å². The lowest BCUT2D eigenvalue weighted by molar-refractivity contribution is -0.149. The van der Waals surface area contributed by atoms with Gasteiger partial charge in [-0.05, 0) is 70.4 Å². The number of cyclic esters (lactones) is 1. The van der Waals surface area contributed by atoms with Crippen LogP contribution in [0.15, 0.2) is 59.8 Å². The third-order valence-electron chi connectivity index (χ3n) is 5.43. The lowest BCUT2D eigenvalue weighted by Gasteiger charge is -2.19. The number of aliphatic hydroxyl groups is 1. The summed E-state index contributed by atoms with van der Waals surface area (Å²) in [5.74, 6) is 0.0727. The summed E-state index contributed by atoms with van der Waals surface area (Å²) >= 11 is 0. The van der Waals surface area contributed by atoms with Crippen molar-refractivity contribution in [2.45, 2.75) is 91.0 Å². The van der Waals surface area contributed by atoms with E-state index in [1.54, 1.807) is 7.11 Å². The molecule has 174 valence electrons. The van der Waals surface area contributed by atoms with Crippen molar-refractivity contribution in [3.05, 3.63) is 59.8 Å². The Kier molecular flexibility index (Phi) is 13.8. The predicted molar refractivity (Wildman–Crippen MR) is 129 cm³/mol. The van der Waals surface area contributed by atoms with Crippen LogP contribution in [0.1, 0.15) is 72.6 Å². The Morgan fingerprint density at radius 1 is 1.26 bits per heavy atom. The standard InChI is InChI=1S/C27H42O4/c1-6-7-13-22(3)19-25-16-11-9-8-10-14-21(2)18-23(4)26(30-5)17-12-15-24(28)20-27(29)31-25/h6-11,18-19,21,24-26,28H,12-17,20H2,1-5H3/b7-6+,10-8+,11-9+,22-19-,23-18+/t21-,24-,25-,26+/m1/s1. The Labute approximate surface area is 189 Å². The molecule has 0 aliphatic carbocycles. The summed E-state index contributed by atoms with van der Waals surface area (Å²) in [4.78, 5) is 12.4. The maximum absolute atomic E-state index is 12.4. The minimum atomic E-state index is -0.695. The van der Waals surface area contributed by atoms with Crippen LogP contribution < -0.4 is 0 Å². The van der Waals surface area contributed by atoms with Gasteiger partial charge in [-0.3, -0.25) is 4.79 Å². The lowest BCUT2D eigenvalue weighted by Crippen LogP contribution is -2.21. The van der Waals surface area contributed by atoms with E-state index in [1.807, 2.05) is 38.2 Å². The number of allylic oxidation sites excluding steroid dienone is 7. The Hall–Kier alpha value is -1.91. The quantitative estimate of drug-likeness (QED) is 0.424. The van der Waals surface area contributed by atoms with Crippen molar-refractivity contribution >= 4 is 5.97 Å². The smallest absolute Gasteiger partial charge is 0.309 e. The molecule has 1 aliphatic rings. The van der Waals surface area contributed by atoms with Crippen molar-refractivity contribution < 1.29 is 19.4 Å². The highest BCUT2D eigenvalue weighted by atomic mass is 16.5. The van der Waals surface area contributed by atoms with Crippen LogP contribution >= 0.6 is 0 Å². The van der Waals surface area contributed by atoms with Gasteiger partial charge in [0.05, 0.1) is 18.6 Å². The first kappa shape index (κ1) is 27.1. The number of methoxy groups -OCH3 is 1. The maximum Gasteiger partial charge on any atom is 0.309 e. The number of carbonyl (C=O) groups excluding carboxylic acids is 1. The lowest BCUT2D eigenvalue weighted by atomic mass is 9.97. The van der Waals surface area contributed by atoms with Gasteiger partial charge in [-0.1, -0.05) is 55.0 Å². The van der Waals surface area contributed by atoms with Crippen LogP contribution in [0.25, 0.3) is 0 Å². The first-order chi connectivity index (χ1) is 14.8. The average Bonchev–Trinajstić information content (AvgIpc) is 2.71. The second kappa shape index (κ2) is 15.8. The van der Waals surface area contributed by atoms with E-state index in [-0.39, 0.29) is 24.6 Å². The van der Waals surface area contributed by atoms with E-state index in [2.05, 4.69) is 38.2 Å². The van der Waals surface area contributed by atoms with Gasteiger partial charge in [-0.2, -0.15) is 0 Å². The van der Waals surface area contributed by atoms with E-state index in [1.165, 1.54) is 5.57 Å². The van der Waals surface area contributed by atoms with Crippen molar-refractivity contribution in [1.29, 1.82) is 0 Å². The first-order valence-electron chi connectivity index (χ1n) is 11.5. The Morgan fingerprint density at radius 2 is 1.97 bits per heavy atom. The molecular weight excluding hydrogens is 388 g/mol. The second-order valence-electron chi connectivity index (χ2n) is 8.54. The van der Waals surface area contributed by atoms with Crippen molar-refractivity contribution in [3.8, 4) is 0 Å². The molecule has 0 aromatic heterocycles. The molecule has 1 aliphatic heterocycles. The summed E-state index contributed by atoms with van der Waals surface area (Å²) in [6.45, 7) is 8.35. The largest absolute Gasteiger partial charge is 0.458 e. The fourth-order valence-electron chi connectivity index (χ4n) is 3.71. The number of hydrogen-bond donors (Lipinski definition) is 1. The molecule has 0 unspecified atom stereocenters. The molecule has 1 rings (SSSR count). The Morgan fingerprint density at radius 3 is 2.65 bits per heavy atom. The molecule has 0 saturated carbocycles. The fourth-order valence-corrected chi connectivity index (χ4v) is 3.71. The van der Waals surface area contributed by atoms with Crippen LogP contribution in [0.4, 0.5) is 0 Å². The summed E-state index contributed by atoms with van der Waals surface area (Å²) in [6.07, 6.45) is 20.3. The van der Waals surface area contributed by atoms with Gasteiger partial charge < -0.3 is 14.6 Å². The van der Waals surface area contributed by atoms with E-state index in [9.17, 15) is 9.90 Å². The highest BCUT2D eigenvalue weighted by Gasteiger charge is 2.17. The van der Waals surface area contributed by atoms with Crippen molar-refractivity contribution in [3.63, 3.8) is 0 Å². The number of hydrogen-bond acceptors (Lipinski definition) is 4. The Balaban J connectivity index is 2.94. The molecule has 0 aromatic rings. The molecule has 0 bridgehead atoms. The van der Waals surface area contributed by atoms with Crippen molar-refractivity contribution in [2.75, 3.05) is 7.11 Å². The molecule has 0 aromatic carbocycles. The van der Waals surface area contributed by atoms with E-state index in [0.29, 0.717) is 18.8 Å². The Bertz CT molecular complexity index is 669. The zero-order valence-corrected chi connectivity index (χ0v) is 20.0. The molecule has 1 N–H and O–H groups in total. The zero-order valence-electron chi connectivity index (χ0n) is 20.0. The number of carbonyl (C=O) groups is 1. The predicted octanol–water partition coefficient (Wildman–Crippen LogP) is 6.24. The van der Waals surface area contributed by atoms with E-state index < -0.39 is 6.10 Å².